The van der Waals surface area contributed by atoms with Crippen molar-refractivity contribution in [3.05, 3.63) is 18.3 Å². The van der Waals surface area contributed by atoms with Gasteiger partial charge in [-0.25, -0.2) is 13.4 Å². The zero-order valence-corrected chi connectivity index (χ0v) is 14.3. The summed E-state index contributed by atoms with van der Waals surface area (Å²) in [6, 6.07) is 3.34. The number of sulfonamides is 1. The van der Waals surface area contributed by atoms with Gasteiger partial charge < -0.3 is 15.0 Å². The lowest BCUT2D eigenvalue weighted by Crippen LogP contribution is -2.47. The molecule has 128 valence electrons. The van der Waals surface area contributed by atoms with Crippen molar-refractivity contribution in [3.63, 3.8) is 0 Å². The van der Waals surface area contributed by atoms with E-state index in [2.05, 4.69) is 15.2 Å². The van der Waals surface area contributed by atoms with Gasteiger partial charge in [0, 0.05) is 45.5 Å². The lowest BCUT2D eigenvalue weighted by molar-refractivity contribution is 0.120. The molecule has 1 unspecified atom stereocenters. The van der Waals surface area contributed by atoms with Gasteiger partial charge in [-0.2, -0.15) is 4.31 Å². The maximum Gasteiger partial charge on any atom is 0.244 e. The third kappa shape index (κ3) is 4.00. The minimum atomic E-state index is -3.44. The average Bonchev–Trinajstić information content (AvgIpc) is 3.07. The molecule has 2 aliphatic heterocycles. The topological polar surface area (TPSA) is 74.8 Å². The number of hydrogen-bond donors (Lipinski definition) is 1. The summed E-state index contributed by atoms with van der Waals surface area (Å²) in [5.74, 6) is 0.679. The average molecular weight is 340 g/mol. The van der Waals surface area contributed by atoms with Crippen molar-refractivity contribution >= 4 is 15.8 Å². The smallest absolute Gasteiger partial charge is 0.244 e. The standard InChI is InChI=1S/C15H24N4O3S/c1-18-6-8-19(9-7-18)23(20,21)14-4-5-15(17-12-14)16-11-13-3-2-10-22-13/h4-5,12-13H,2-3,6-11H2,1H3,(H,16,17). The molecule has 3 rings (SSSR count). The molecule has 2 aliphatic rings. The zero-order chi connectivity index (χ0) is 16.3. The molecule has 2 saturated heterocycles. The van der Waals surface area contributed by atoms with E-state index in [1.807, 2.05) is 7.05 Å². The van der Waals surface area contributed by atoms with E-state index in [1.54, 1.807) is 12.1 Å². The van der Waals surface area contributed by atoms with Crippen molar-refractivity contribution in [1.29, 1.82) is 0 Å². The normalized spacial score (nSPS) is 24.0. The molecule has 1 N–H and O–H groups in total. The Bertz CT molecular complexity index is 606. The molecule has 1 aromatic rings. The fourth-order valence-electron chi connectivity index (χ4n) is 2.84. The molecule has 0 bridgehead atoms. The van der Waals surface area contributed by atoms with E-state index in [0.717, 1.165) is 32.5 Å². The maximum absolute atomic E-state index is 12.6. The lowest BCUT2D eigenvalue weighted by atomic mass is 10.2. The van der Waals surface area contributed by atoms with Crippen LogP contribution in [-0.4, -0.2) is 75.1 Å². The summed E-state index contributed by atoms with van der Waals surface area (Å²) in [6.07, 6.45) is 3.82. The lowest BCUT2D eigenvalue weighted by Gasteiger charge is -2.31. The highest BCUT2D eigenvalue weighted by Crippen LogP contribution is 2.18. The molecule has 8 heteroatoms. The number of anilines is 1. The number of piperazine rings is 1. The summed E-state index contributed by atoms with van der Waals surface area (Å²) in [6.45, 7) is 4.09. The maximum atomic E-state index is 12.6. The minimum absolute atomic E-state index is 0.227. The van der Waals surface area contributed by atoms with Crippen molar-refractivity contribution in [2.24, 2.45) is 0 Å². The Kier molecular flexibility index (Phi) is 5.15. The van der Waals surface area contributed by atoms with Gasteiger partial charge in [0.05, 0.1) is 6.10 Å². The third-order valence-corrected chi connectivity index (χ3v) is 6.25. The molecule has 1 atom stereocenters. The Balaban J connectivity index is 1.61. The van der Waals surface area contributed by atoms with Gasteiger partial charge in [-0.1, -0.05) is 0 Å². The molecule has 7 nitrogen and oxygen atoms in total. The summed E-state index contributed by atoms with van der Waals surface area (Å²) < 4.78 is 32.3. The number of hydrogen-bond acceptors (Lipinski definition) is 6. The molecular weight excluding hydrogens is 316 g/mol. The first-order valence-electron chi connectivity index (χ1n) is 8.06. The summed E-state index contributed by atoms with van der Waals surface area (Å²) in [5.41, 5.74) is 0. The number of aromatic nitrogens is 1. The van der Waals surface area contributed by atoms with Crippen LogP contribution < -0.4 is 5.32 Å². The molecule has 0 spiro atoms. The number of rotatable bonds is 5. The van der Waals surface area contributed by atoms with E-state index in [9.17, 15) is 8.42 Å². The van der Waals surface area contributed by atoms with E-state index >= 15 is 0 Å². The second kappa shape index (κ2) is 7.12. The van der Waals surface area contributed by atoms with Crippen molar-refractivity contribution in [2.75, 3.05) is 51.7 Å². The molecule has 2 fully saturated rings. The van der Waals surface area contributed by atoms with E-state index in [0.29, 0.717) is 25.5 Å². The first-order valence-corrected chi connectivity index (χ1v) is 9.50. The highest BCUT2D eigenvalue weighted by Gasteiger charge is 2.27. The first kappa shape index (κ1) is 16.6. The van der Waals surface area contributed by atoms with Gasteiger partial charge in [0.2, 0.25) is 10.0 Å². The van der Waals surface area contributed by atoms with Crippen LogP contribution in [0.15, 0.2) is 23.2 Å². The molecule has 0 aromatic carbocycles. The van der Waals surface area contributed by atoms with Gasteiger partial charge in [-0.3, -0.25) is 0 Å². The summed E-state index contributed by atoms with van der Waals surface area (Å²) in [7, 11) is -1.44. The number of pyridine rings is 1. The fraction of sp³-hybridized carbons (Fsp3) is 0.667. The van der Waals surface area contributed by atoms with Crippen LogP contribution in [0.3, 0.4) is 0 Å². The van der Waals surface area contributed by atoms with E-state index in [1.165, 1.54) is 10.5 Å². The number of nitrogens with one attached hydrogen (secondary N) is 1. The van der Waals surface area contributed by atoms with Gasteiger partial charge in [-0.05, 0) is 32.0 Å². The molecule has 0 aliphatic carbocycles. The fourth-order valence-corrected chi connectivity index (χ4v) is 4.21. The molecule has 0 saturated carbocycles. The molecule has 3 heterocycles. The molecule has 0 amide bonds. The minimum Gasteiger partial charge on any atom is -0.376 e. The van der Waals surface area contributed by atoms with Gasteiger partial charge in [0.1, 0.15) is 10.7 Å². The van der Waals surface area contributed by atoms with Crippen LogP contribution in [0.2, 0.25) is 0 Å². The molecule has 23 heavy (non-hydrogen) atoms. The second-order valence-corrected chi connectivity index (χ2v) is 8.04. The van der Waals surface area contributed by atoms with Crippen LogP contribution in [0.5, 0.6) is 0 Å². The molecular formula is C15H24N4O3S. The summed E-state index contributed by atoms with van der Waals surface area (Å²) in [5, 5.41) is 3.20. The van der Waals surface area contributed by atoms with Crippen LogP contribution >= 0.6 is 0 Å². The first-order chi connectivity index (χ1) is 11.1. The summed E-state index contributed by atoms with van der Waals surface area (Å²) in [4.78, 5) is 6.61. The van der Waals surface area contributed by atoms with Crippen LogP contribution in [-0.2, 0) is 14.8 Å². The Morgan fingerprint density at radius 3 is 2.70 bits per heavy atom. The summed E-state index contributed by atoms with van der Waals surface area (Å²) >= 11 is 0. The third-order valence-electron chi connectivity index (χ3n) is 4.37. The Morgan fingerprint density at radius 1 is 1.30 bits per heavy atom. The zero-order valence-electron chi connectivity index (χ0n) is 13.4. The van der Waals surface area contributed by atoms with Crippen LogP contribution in [0.1, 0.15) is 12.8 Å². The highest BCUT2D eigenvalue weighted by molar-refractivity contribution is 7.89. The predicted molar refractivity (Wildman–Crippen MR) is 88.0 cm³/mol. The van der Waals surface area contributed by atoms with Crippen molar-refractivity contribution in [1.82, 2.24) is 14.2 Å². The van der Waals surface area contributed by atoms with Gasteiger partial charge in [-0.15, -0.1) is 0 Å². The van der Waals surface area contributed by atoms with Gasteiger partial charge >= 0.3 is 0 Å². The Morgan fingerprint density at radius 2 is 2.09 bits per heavy atom. The second-order valence-electron chi connectivity index (χ2n) is 6.10. The van der Waals surface area contributed by atoms with Crippen LogP contribution in [0.25, 0.3) is 0 Å². The Labute approximate surface area is 137 Å². The van der Waals surface area contributed by atoms with Crippen molar-refractivity contribution < 1.29 is 13.2 Å². The van der Waals surface area contributed by atoms with Gasteiger partial charge in [0.25, 0.3) is 0 Å². The van der Waals surface area contributed by atoms with Gasteiger partial charge in [0.15, 0.2) is 0 Å². The number of likely N-dealkylation sites (N-methyl/N-ethyl adjacent to an activating group) is 1. The predicted octanol–water partition coefficient (Wildman–Crippen LogP) is 0.609. The molecule has 0 radical (unpaired) electrons. The molecule has 1 aromatic heterocycles. The number of ether oxygens (including phenoxy) is 1. The largest absolute Gasteiger partial charge is 0.376 e. The van der Waals surface area contributed by atoms with Crippen molar-refractivity contribution in [3.8, 4) is 0 Å². The monoisotopic (exact) mass is 340 g/mol. The van der Waals surface area contributed by atoms with E-state index in [4.69, 9.17) is 4.74 Å². The van der Waals surface area contributed by atoms with Crippen LogP contribution in [0, 0.1) is 0 Å². The van der Waals surface area contributed by atoms with E-state index < -0.39 is 10.0 Å². The highest BCUT2D eigenvalue weighted by atomic mass is 32.2. The van der Waals surface area contributed by atoms with Crippen LogP contribution in [0.4, 0.5) is 5.82 Å². The van der Waals surface area contributed by atoms with Crippen molar-refractivity contribution in [2.45, 2.75) is 23.8 Å². The quantitative estimate of drug-likeness (QED) is 0.846. The SMILES string of the molecule is CN1CCN(S(=O)(=O)c2ccc(NCC3CCCO3)nc2)CC1. The Hall–Kier alpha value is -1.22. The van der Waals surface area contributed by atoms with E-state index in [-0.39, 0.29) is 11.0 Å². The number of nitrogens with zero attached hydrogens (tertiary/aromatic N) is 3.